The van der Waals surface area contributed by atoms with E-state index >= 15 is 0 Å². The number of benzene rings is 2. The lowest BCUT2D eigenvalue weighted by Gasteiger charge is -2.29. The fraction of sp³-hybridized carbons (Fsp3) is 0.379. The van der Waals surface area contributed by atoms with Gasteiger partial charge >= 0.3 is 0 Å². The Morgan fingerprint density at radius 2 is 1.12 bits per heavy atom. The zero-order chi connectivity index (χ0) is 28.2. The molecule has 0 amide bonds. The second-order valence-electron chi connectivity index (χ2n) is 9.13. The van der Waals surface area contributed by atoms with Gasteiger partial charge in [-0.2, -0.15) is 4.39 Å². The summed E-state index contributed by atoms with van der Waals surface area (Å²) in [4.78, 5) is 12.1. The molecule has 0 spiro atoms. The molecule has 220 valence electrons. The average molecular weight is 593 g/mol. The summed E-state index contributed by atoms with van der Waals surface area (Å²) < 4.78 is 62.0. The van der Waals surface area contributed by atoms with E-state index in [1.165, 1.54) is 32.5 Å². The van der Waals surface area contributed by atoms with Crippen molar-refractivity contribution in [2.45, 2.75) is 7.43 Å². The van der Waals surface area contributed by atoms with Crippen LogP contribution in [0.3, 0.4) is 0 Å². The molecule has 2 aromatic carbocycles. The van der Waals surface area contributed by atoms with Gasteiger partial charge in [0.25, 0.3) is 0 Å². The predicted octanol–water partition coefficient (Wildman–Crippen LogP) is 5.87. The highest BCUT2D eigenvalue weighted by molar-refractivity contribution is 6.34. The summed E-state index contributed by atoms with van der Waals surface area (Å²) in [5.41, 5.74) is 1.69. The van der Waals surface area contributed by atoms with Gasteiger partial charge in [-0.25, -0.2) is 18.7 Å². The van der Waals surface area contributed by atoms with Crippen LogP contribution in [0.5, 0.6) is 11.5 Å². The third kappa shape index (κ3) is 6.37. The van der Waals surface area contributed by atoms with Gasteiger partial charge in [0.05, 0.1) is 64.4 Å². The molecule has 8 nitrogen and oxygen atoms in total. The molecule has 41 heavy (non-hydrogen) atoms. The van der Waals surface area contributed by atoms with Gasteiger partial charge in [0.2, 0.25) is 5.95 Å². The molecule has 0 unspecified atom stereocenters. The Kier molecular flexibility index (Phi) is 9.95. The molecule has 0 aliphatic carbocycles. The quantitative estimate of drug-likeness (QED) is 0.273. The SMILES string of the molecule is C.COc1cc2c(N3CCOCC3)cnc(Cl)c2cc1F.COc1cc2c(N3CCOCC3)cnc(F)c2cc1F. The zero-order valence-electron chi connectivity index (χ0n) is 22.1. The highest BCUT2D eigenvalue weighted by Gasteiger charge is 2.19. The number of methoxy groups -OCH3 is 2. The van der Waals surface area contributed by atoms with Crippen molar-refractivity contribution >= 4 is 44.5 Å². The van der Waals surface area contributed by atoms with E-state index in [0.29, 0.717) is 55.4 Å². The number of hydrogen-bond acceptors (Lipinski definition) is 8. The van der Waals surface area contributed by atoms with Gasteiger partial charge in [0, 0.05) is 47.7 Å². The summed E-state index contributed by atoms with van der Waals surface area (Å²) in [6.07, 6.45) is 3.19. The van der Waals surface area contributed by atoms with E-state index in [1.807, 2.05) is 0 Å². The van der Waals surface area contributed by atoms with Gasteiger partial charge in [0.15, 0.2) is 23.1 Å². The van der Waals surface area contributed by atoms with E-state index in [9.17, 15) is 13.2 Å². The van der Waals surface area contributed by atoms with Crippen molar-refractivity contribution in [3.8, 4) is 11.5 Å². The Morgan fingerprint density at radius 1 is 0.683 bits per heavy atom. The highest BCUT2D eigenvalue weighted by atomic mass is 35.5. The third-order valence-electron chi connectivity index (χ3n) is 6.88. The van der Waals surface area contributed by atoms with Crippen LogP contribution < -0.4 is 19.3 Å². The van der Waals surface area contributed by atoms with Crippen molar-refractivity contribution in [1.29, 1.82) is 0 Å². The molecule has 0 saturated carbocycles. The Labute approximate surface area is 241 Å². The number of ether oxygens (including phenoxy) is 4. The molecule has 2 aliphatic rings. The first kappa shape index (κ1) is 30.4. The number of nitrogens with zero attached hydrogens (tertiary/aromatic N) is 4. The lowest BCUT2D eigenvalue weighted by Crippen LogP contribution is -2.36. The lowest BCUT2D eigenvalue weighted by molar-refractivity contribution is 0.122. The van der Waals surface area contributed by atoms with Crippen molar-refractivity contribution in [2.24, 2.45) is 0 Å². The van der Waals surface area contributed by atoms with Crippen LogP contribution in [0.25, 0.3) is 21.5 Å². The molecule has 2 saturated heterocycles. The summed E-state index contributed by atoms with van der Waals surface area (Å²) in [5, 5.41) is 2.47. The van der Waals surface area contributed by atoms with Gasteiger partial charge in [-0.1, -0.05) is 19.0 Å². The number of pyridine rings is 2. The number of hydrogen-bond donors (Lipinski definition) is 0. The summed E-state index contributed by atoms with van der Waals surface area (Å²) in [7, 11) is 2.83. The Bertz CT molecular complexity index is 1400. The Balaban J connectivity index is 0.000000184. The zero-order valence-corrected chi connectivity index (χ0v) is 22.8. The average Bonchev–Trinajstić information content (AvgIpc) is 2.99. The van der Waals surface area contributed by atoms with Crippen molar-refractivity contribution in [3.63, 3.8) is 0 Å². The van der Waals surface area contributed by atoms with Crippen molar-refractivity contribution in [2.75, 3.05) is 76.6 Å². The second kappa shape index (κ2) is 13.4. The second-order valence-corrected chi connectivity index (χ2v) is 9.49. The van der Waals surface area contributed by atoms with Crippen LogP contribution >= 0.6 is 11.6 Å². The van der Waals surface area contributed by atoms with E-state index in [-0.39, 0.29) is 24.3 Å². The summed E-state index contributed by atoms with van der Waals surface area (Å²) >= 11 is 6.07. The van der Waals surface area contributed by atoms with Gasteiger partial charge in [0.1, 0.15) is 5.15 Å². The van der Waals surface area contributed by atoms with Crippen LogP contribution in [0, 0.1) is 17.6 Å². The largest absolute Gasteiger partial charge is 0.494 e. The minimum absolute atomic E-state index is 0. The van der Waals surface area contributed by atoms with Crippen LogP contribution in [0.4, 0.5) is 24.5 Å². The number of fused-ring (bicyclic) bond motifs is 2. The van der Waals surface area contributed by atoms with Crippen LogP contribution in [0.15, 0.2) is 36.7 Å². The lowest BCUT2D eigenvalue weighted by atomic mass is 10.1. The Morgan fingerprint density at radius 3 is 1.61 bits per heavy atom. The van der Waals surface area contributed by atoms with E-state index in [2.05, 4.69) is 19.8 Å². The van der Waals surface area contributed by atoms with Gasteiger partial charge in [-0.15, -0.1) is 0 Å². The maximum Gasteiger partial charge on any atom is 0.220 e. The van der Waals surface area contributed by atoms with E-state index in [1.54, 1.807) is 12.3 Å². The fourth-order valence-corrected chi connectivity index (χ4v) is 5.02. The van der Waals surface area contributed by atoms with Gasteiger partial charge < -0.3 is 28.7 Å². The minimum Gasteiger partial charge on any atom is -0.494 e. The van der Waals surface area contributed by atoms with Crippen molar-refractivity contribution in [1.82, 2.24) is 9.97 Å². The monoisotopic (exact) mass is 592 g/mol. The molecule has 0 bridgehead atoms. The maximum atomic E-state index is 13.8. The maximum absolute atomic E-state index is 13.8. The Hall–Kier alpha value is -3.54. The molecular weight excluding hydrogens is 561 g/mol. The number of aromatic nitrogens is 2. The van der Waals surface area contributed by atoms with Gasteiger partial charge in [-0.05, 0) is 24.3 Å². The van der Waals surface area contributed by atoms with E-state index in [0.717, 1.165) is 35.9 Å². The fourth-order valence-electron chi connectivity index (χ4n) is 4.81. The molecule has 4 heterocycles. The van der Waals surface area contributed by atoms with Gasteiger partial charge in [-0.3, -0.25) is 0 Å². The van der Waals surface area contributed by atoms with Crippen LogP contribution in [-0.4, -0.2) is 76.8 Å². The van der Waals surface area contributed by atoms with Crippen molar-refractivity contribution in [3.05, 3.63) is 59.4 Å². The summed E-state index contributed by atoms with van der Waals surface area (Å²) in [6, 6.07) is 5.68. The van der Waals surface area contributed by atoms with Crippen LogP contribution in [0.2, 0.25) is 5.15 Å². The molecule has 4 aromatic rings. The summed E-state index contributed by atoms with van der Waals surface area (Å²) in [5.74, 6) is -1.42. The third-order valence-corrected chi connectivity index (χ3v) is 7.19. The van der Waals surface area contributed by atoms with E-state index in [4.69, 9.17) is 30.5 Å². The van der Waals surface area contributed by atoms with Crippen LogP contribution in [-0.2, 0) is 9.47 Å². The molecule has 2 aliphatic heterocycles. The highest BCUT2D eigenvalue weighted by Crippen LogP contribution is 2.35. The van der Waals surface area contributed by atoms with Crippen LogP contribution in [0.1, 0.15) is 7.43 Å². The first-order valence-electron chi connectivity index (χ1n) is 12.7. The van der Waals surface area contributed by atoms with Crippen molar-refractivity contribution < 1.29 is 32.1 Å². The molecule has 12 heteroatoms. The normalized spacial score (nSPS) is 15.3. The number of halogens is 4. The molecule has 6 rings (SSSR count). The standard InChI is InChI=1S/C14H14ClFN2O2.C14H14F2N2O2.CH4/c1-19-13-7-9-10(6-11(13)16)14(15)17-8-12(9)18-2-4-20-5-3-18;1-19-13-7-9-10(6-11(13)15)14(16)17-8-12(9)18-2-4-20-5-3-18;/h2*6-8H,2-5H2,1H3;1H4. The number of rotatable bonds is 4. The van der Waals surface area contributed by atoms with E-state index < -0.39 is 17.6 Å². The number of anilines is 2. The first-order valence-corrected chi connectivity index (χ1v) is 13.1. The molecule has 2 fully saturated rings. The predicted molar refractivity (Wildman–Crippen MR) is 154 cm³/mol. The minimum atomic E-state index is -0.682. The topological polar surface area (TPSA) is 69.2 Å². The number of morpholine rings is 2. The molecule has 0 N–H and O–H groups in total. The summed E-state index contributed by atoms with van der Waals surface area (Å²) in [6.45, 7) is 5.50. The molecule has 0 atom stereocenters. The molecule has 0 radical (unpaired) electrons. The molecule has 2 aromatic heterocycles. The first-order chi connectivity index (χ1) is 19.4. The molecular formula is C29H32ClF3N4O4. The smallest absolute Gasteiger partial charge is 0.220 e.